The van der Waals surface area contributed by atoms with Gasteiger partial charge in [0, 0.05) is 44.7 Å². The highest BCUT2D eigenvalue weighted by molar-refractivity contribution is 7.89. The number of aliphatic hydroxyl groups is 1. The number of aryl methyl sites for hydroxylation is 1. The van der Waals surface area contributed by atoms with E-state index in [0.29, 0.717) is 29.4 Å². The summed E-state index contributed by atoms with van der Waals surface area (Å²) in [5.41, 5.74) is 0.311. The number of nitrogens with two attached hydrogens (primary N) is 1. The number of halogens is 2. The number of amides is 1. The summed E-state index contributed by atoms with van der Waals surface area (Å²) in [5.74, 6) is -2.62. The normalized spacial score (nSPS) is 20.8. The second-order valence-corrected chi connectivity index (χ2v) is 15.3. The Morgan fingerprint density at radius 3 is 2.65 bits per heavy atom. The molecule has 1 amide bonds. The highest BCUT2D eigenvalue weighted by Gasteiger charge is 2.50. The van der Waals surface area contributed by atoms with Gasteiger partial charge in [-0.25, -0.2) is 22.7 Å². The molecule has 264 valence electrons. The maximum atomic E-state index is 16.1. The highest BCUT2D eigenvalue weighted by atomic mass is 35.5. The molecule has 48 heavy (non-hydrogen) atoms. The van der Waals surface area contributed by atoms with Gasteiger partial charge in [0.05, 0.1) is 29.0 Å². The third-order valence-electron chi connectivity index (χ3n) is 9.15. The summed E-state index contributed by atoms with van der Waals surface area (Å²) in [6.45, 7) is 2.60. The number of fused-ring (bicyclic) bond motifs is 2. The number of allylic oxidation sites excluding steroid dienone is 1. The first-order valence-electron chi connectivity index (χ1n) is 16.0. The summed E-state index contributed by atoms with van der Waals surface area (Å²) in [6.07, 6.45) is 2.07. The van der Waals surface area contributed by atoms with Crippen LogP contribution in [0.3, 0.4) is 0 Å². The molecule has 0 aromatic heterocycles. The van der Waals surface area contributed by atoms with Gasteiger partial charge in [-0.3, -0.25) is 4.79 Å². The zero-order valence-electron chi connectivity index (χ0n) is 27.5. The maximum absolute atomic E-state index is 16.1. The number of hydrogen-bond acceptors (Lipinski definition) is 8. The lowest BCUT2D eigenvalue weighted by atomic mass is 9.82. The molecule has 2 aliphatic rings. The summed E-state index contributed by atoms with van der Waals surface area (Å²) >= 11 is 6.28. The van der Waals surface area contributed by atoms with Crippen LogP contribution in [0, 0.1) is 5.92 Å². The molecule has 0 radical (unpaired) electrons. The summed E-state index contributed by atoms with van der Waals surface area (Å²) in [5, 5.41) is 26.7. The van der Waals surface area contributed by atoms with Crippen LogP contribution in [0.25, 0.3) is 0 Å². The van der Waals surface area contributed by atoms with Crippen molar-refractivity contribution >= 4 is 39.2 Å². The van der Waals surface area contributed by atoms with Crippen LogP contribution in [0.1, 0.15) is 66.9 Å². The van der Waals surface area contributed by atoms with Crippen molar-refractivity contribution in [1.82, 2.24) is 4.90 Å². The van der Waals surface area contributed by atoms with Crippen LogP contribution in [0.2, 0.25) is 5.02 Å². The van der Waals surface area contributed by atoms with Crippen molar-refractivity contribution in [2.75, 3.05) is 38.7 Å². The fourth-order valence-electron chi connectivity index (χ4n) is 6.20. The number of anilines is 1. The van der Waals surface area contributed by atoms with Crippen LogP contribution < -0.4 is 14.8 Å². The Bertz CT molecular complexity index is 1620. The highest BCUT2D eigenvalue weighted by Crippen LogP contribution is 2.40. The summed E-state index contributed by atoms with van der Waals surface area (Å²) < 4.78 is 51.7. The van der Waals surface area contributed by atoms with Gasteiger partial charge < -0.3 is 29.5 Å². The number of nitrogens with zero attached hydrogens (tertiary/aromatic N) is 2. The van der Waals surface area contributed by atoms with Gasteiger partial charge in [0.25, 0.3) is 0 Å². The number of benzene rings is 2. The molecule has 0 saturated carbocycles. The molecule has 2 heterocycles. The molecule has 2 aromatic rings. The maximum Gasteiger partial charge on any atom is 0.335 e. The summed E-state index contributed by atoms with van der Waals surface area (Å²) in [4.78, 5) is 28.2. The monoisotopic (exact) mass is 709 g/mol. The fourth-order valence-corrected chi connectivity index (χ4v) is 6.86. The predicted molar refractivity (Wildman–Crippen MR) is 181 cm³/mol. The van der Waals surface area contributed by atoms with E-state index in [1.54, 1.807) is 18.2 Å². The Hall–Kier alpha value is -3.23. The van der Waals surface area contributed by atoms with Crippen molar-refractivity contribution in [1.29, 1.82) is 0 Å². The lowest BCUT2D eigenvalue weighted by Gasteiger charge is -2.38. The fraction of sp³-hybridized carbons (Fsp3) is 0.529. The molecule has 1 saturated heterocycles. The van der Waals surface area contributed by atoms with Gasteiger partial charge in [0.15, 0.2) is 5.60 Å². The van der Waals surface area contributed by atoms with E-state index in [-0.39, 0.29) is 38.2 Å². The molecule has 4 N–H and O–H groups in total. The first kappa shape index (κ1) is 37.6. The molecule has 1 fully saturated rings. The topological polar surface area (TPSA) is 160 Å². The zero-order chi connectivity index (χ0) is 35.2. The number of carboxylic acid groups (broad SMARTS) is 1. The Morgan fingerprint density at radius 2 is 1.96 bits per heavy atom. The van der Waals surface area contributed by atoms with Crippen LogP contribution in [0.15, 0.2) is 48.3 Å². The molecular formula is C34H45ClFN3O8S. The first-order valence-corrected chi connectivity index (χ1v) is 18.0. The molecule has 2 aliphatic heterocycles. The SMILES string of the molecule is C[C@H](CC/C=C(\F)C(O)(CC(=O)N(C)C)[C@@H]1OCC[C@H]1CN1CCCCc2cc(Cl)ccc2COc2ccc(C(=O)O)cc21)S(N)(=O)=O. The van der Waals surface area contributed by atoms with Crippen LogP contribution in [0.5, 0.6) is 5.75 Å². The van der Waals surface area contributed by atoms with Crippen molar-refractivity contribution in [3.05, 3.63) is 70.0 Å². The van der Waals surface area contributed by atoms with Gasteiger partial charge in [-0.2, -0.15) is 0 Å². The smallest absolute Gasteiger partial charge is 0.335 e. The number of rotatable bonds is 11. The minimum absolute atomic E-state index is 0.0193. The number of aromatic carboxylic acids is 1. The van der Waals surface area contributed by atoms with E-state index in [9.17, 15) is 28.2 Å². The van der Waals surface area contributed by atoms with Gasteiger partial charge in [0.2, 0.25) is 15.9 Å². The van der Waals surface area contributed by atoms with E-state index in [1.165, 1.54) is 32.0 Å². The molecule has 11 nitrogen and oxygen atoms in total. The van der Waals surface area contributed by atoms with Crippen molar-refractivity contribution in [2.24, 2.45) is 11.1 Å². The Morgan fingerprint density at radius 1 is 1.21 bits per heavy atom. The van der Waals surface area contributed by atoms with Crippen LogP contribution in [-0.2, 0) is 32.6 Å². The lowest BCUT2D eigenvalue weighted by molar-refractivity contribution is -0.141. The zero-order valence-corrected chi connectivity index (χ0v) is 29.1. The number of ether oxygens (including phenoxy) is 2. The standard InChI is InChI=1S/C34H45ClFN3O8S/c1-22(48(37,44)45)7-6-9-30(36)34(43,19-31(40)38(2)3)32-25(14-16-46-32)20-39-15-5-4-8-23-17-27(35)12-10-26(23)21-47-29-13-11-24(33(41)42)18-28(29)39/h9-13,17-18,22,25,32,43H,4-8,14-16,19-21H2,1-3H3,(H,41,42)(H2,37,44,45)/b30-9-/t22-,25+,32-,34?/m1/s1. The predicted octanol–water partition coefficient (Wildman–Crippen LogP) is 4.69. The number of carboxylic acids is 1. The Balaban J connectivity index is 1.67. The van der Waals surface area contributed by atoms with E-state index in [4.69, 9.17) is 26.2 Å². The van der Waals surface area contributed by atoms with E-state index in [1.807, 2.05) is 17.0 Å². The minimum atomic E-state index is -3.83. The average Bonchev–Trinajstić information content (AvgIpc) is 3.49. The number of primary sulfonamides is 1. The summed E-state index contributed by atoms with van der Waals surface area (Å²) in [7, 11) is -0.823. The van der Waals surface area contributed by atoms with Gasteiger partial charge in [0.1, 0.15) is 18.2 Å². The molecule has 0 bridgehead atoms. The molecule has 4 atom stereocenters. The number of sulfonamides is 1. The number of carbonyl (C=O) groups excluding carboxylic acids is 1. The van der Waals surface area contributed by atoms with Crippen molar-refractivity contribution in [3.63, 3.8) is 0 Å². The van der Waals surface area contributed by atoms with E-state index in [0.717, 1.165) is 36.5 Å². The van der Waals surface area contributed by atoms with Gasteiger partial charge in [-0.1, -0.05) is 17.7 Å². The number of carbonyl (C=O) groups is 2. The van der Waals surface area contributed by atoms with Crippen LogP contribution >= 0.6 is 11.6 Å². The number of hydrogen-bond donors (Lipinski definition) is 3. The third-order valence-corrected chi connectivity index (χ3v) is 10.7. The minimum Gasteiger partial charge on any atom is -0.487 e. The summed E-state index contributed by atoms with van der Waals surface area (Å²) in [6, 6.07) is 10.3. The third kappa shape index (κ3) is 9.26. The second-order valence-electron chi connectivity index (χ2n) is 12.9. The molecule has 2 aromatic carbocycles. The van der Waals surface area contributed by atoms with E-state index < -0.39 is 57.0 Å². The molecule has 4 rings (SSSR count). The van der Waals surface area contributed by atoms with Crippen molar-refractivity contribution in [3.8, 4) is 5.75 Å². The first-order chi connectivity index (χ1) is 22.6. The molecule has 0 aliphatic carbocycles. The van der Waals surface area contributed by atoms with Gasteiger partial charge in [-0.05, 0) is 93.0 Å². The van der Waals surface area contributed by atoms with E-state index in [2.05, 4.69) is 0 Å². The quantitative estimate of drug-likeness (QED) is 0.301. The molecule has 0 spiro atoms. The molecule has 1 unspecified atom stereocenters. The largest absolute Gasteiger partial charge is 0.487 e. The van der Waals surface area contributed by atoms with Crippen molar-refractivity contribution < 1.29 is 42.1 Å². The van der Waals surface area contributed by atoms with Crippen LogP contribution in [0.4, 0.5) is 10.1 Å². The van der Waals surface area contributed by atoms with Crippen molar-refractivity contribution in [2.45, 2.75) is 75.4 Å². The average molecular weight is 710 g/mol. The molecular weight excluding hydrogens is 665 g/mol. The van der Waals surface area contributed by atoms with Gasteiger partial charge >= 0.3 is 5.97 Å². The molecule has 14 heteroatoms. The van der Waals surface area contributed by atoms with Gasteiger partial charge in [-0.15, -0.1) is 0 Å². The van der Waals surface area contributed by atoms with E-state index >= 15 is 4.39 Å². The lowest BCUT2D eigenvalue weighted by Crippen LogP contribution is -2.51. The second kappa shape index (κ2) is 16.0. The Labute approximate surface area is 286 Å². The Kier molecular flexibility index (Phi) is 12.5. The van der Waals surface area contributed by atoms with Crippen LogP contribution in [-0.4, -0.2) is 86.2 Å².